The first-order chi connectivity index (χ1) is 14.0. The lowest BCUT2D eigenvalue weighted by Crippen LogP contribution is -2.27. The van der Waals surface area contributed by atoms with Gasteiger partial charge in [0.25, 0.3) is 5.69 Å². The largest absolute Gasteiger partial charge is 0.306 e. The van der Waals surface area contributed by atoms with Crippen LogP contribution >= 0.6 is 17.0 Å². The van der Waals surface area contributed by atoms with Crippen molar-refractivity contribution < 1.29 is 9.72 Å². The molecule has 0 spiro atoms. The third-order valence-electron chi connectivity index (χ3n) is 4.84. The van der Waals surface area contributed by atoms with E-state index in [1.807, 2.05) is 59.2 Å². The van der Waals surface area contributed by atoms with Gasteiger partial charge in [-0.3, -0.25) is 20.3 Å². The number of para-hydroxylation sites is 2. The summed E-state index contributed by atoms with van der Waals surface area (Å²) in [5, 5.41) is 19.7. The summed E-state index contributed by atoms with van der Waals surface area (Å²) >= 11 is 0. The molecule has 0 amide bonds. The minimum Gasteiger partial charge on any atom is -0.306 e. The van der Waals surface area contributed by atoms with Crippen molar-refractivity contribution in [2.75, 3.05) is 0 Å². The molecule has 0 radical (unpaired) electrons. The van der Waals surface area contributed by atoms with Gasteiger partial charge in [-0.15, -0.1) is 17.0 Å². The van der Waals surface area contributed by atoms with Gasteiger partial charge in [0.1, 0.15) is 0 Å². The first-order valence-electron chi connectivity index (χ1n) is 9.09. The molecule has 0 saturated heterocycles. The van der Waals surface area contributed by atoms with Crippen LogP contribution in [0.1, 0.15) is 15.9 Å². The Morgan fingerprint density at radius 2 is 1.53 bits per heavy atom. The van der Waals surface area contributed by atoms with E-state index in [-0.39, 0.29) is 46.2 Å². The lowest BCUT2D eigenvalue weighted by molar-refractivity contribution is -0.384. The molecule has 0 saturated carbocycles. The summed E-state index contributed by atoms with van der Waals surface area (Å²) in [6, 6.07) is 23.1. The predicted octanol–water partition coefficient (Wildman–Crippen LogP) is 4.34. The van der Waals surface area contributed by atoms with Crippen molar-refractivity contribution in [1.82, 2.24) is 9.13 Å². The number of halogens is 1. The van der Waals surface area contributed by atoms with E-state index in [1.165, 1.54) is 18.2 Å². The number of Topliss-reactive ketones (excluding diaryl/α,β-unsaturated/α-hetero) is 1. The monoisotopic (exact) mass is 466 g/mol. The van der Waals surface area contributed by atoms with E-state index in [1.54, 1.807) is 10.6 Å². The molecule has 1 N–H and O–H groups in total. The second-order valence-corrected chi connectivity index (χ2v) is 6.70. The number of fused-ring (bicyclic) bond motifs is 1. The summed E-state index contributed by atoms with van der Waals surface area (Å²) in [4.78, 5) is 23.3. The van der Waals surface area contributed by atoms with Gasteiger partial charge in [0.15, 0.2) is 5.78 Å². The zero-order chi connectivity index (χ0) is 20.4. The van der Waals surface area contributed by atoms with Gasteiger partial charge in [-0.2, -0.15) is 0 Å². The molecule has 4 aromatic rings. The van der Waals surface area contributed by atoms with Gasteiger partial charge in [-0.25, -0.2) is 0 Å². The molecular formula is C22H19BrN4O3. The summed E-state index contributed by atoms with van der Waals surface area (Å²) in [6.07, 6.45) is 0. The molecule has 0 bridgehead atoms. The fourth-order valence-corrected chi connectivity index (χ4v) is 3.41. The molecule has 0 unspecified atom stereocenters. The van der Waals surface area contributed by atoms with E-state index < -0.39 is 4.92 Å². The SMILES string of the molecule is Br.N=c1n(CC(=O)c2cccc([N+](=O)[O-])c2)c2ccccc2n1Cc1ccccc1. The zero-order valence-electron chi connectivity index (χ0n) is 15.9. The number of rotatable bonds is 6. The molecule has 152 valence electrons. The normalized spacial score (nSPS) is 10.5. The molecule has 0 aliphatic rings. The number of carbonyl (C=O) groups is 1. The minimum absolute atomic E-state index is 0. The molecule has 0 aliphatic carbocycles. The van der Waals surface area contributed by atoms with Crippen LogP contribution in [0.5, 0.6) is 0 Å². The van der Waals surface area contributed by atoms with E-state index in [4.69, 9.17) is 5.41 Å². The van der Waals surface area contributed by atoms with Crippen LogP contribution < -0.4 is 5.62 Å². The molecule has 7 nitrogen and oxygen atoms in total. The maximum atomic E-state index is 12.8. The Labute approximate surface area is 182 Å². The highest BCUT2D eigenvalue weighted by atomic mass is 79.9. The highest BCUT2D eigenvalue weighted by molar-refractivity contribution is 8.93. The van der Waals surface area contributed by atoms with Gasteiger partial charge in [0.2, 0.25) is 5.62 Å². The second kappa shape index (κ2) is 8.87. The Hall–Kier alpha value is -3.52. The fraction of sp³-hybridized carbons (Fsp3) is 0.0909. The van der Waals surface area contributed by atoms with Crippen LogP contribution in [0.4, 0.5) is 5.69 Å². The Kier molecular flexibility index (Phi) is 6.27. The number of aromatic nitrogens is 2. The lowest BCUT2D eigenvalue weighted by atomic mass is 10.1. The molecule has 0 atom stereocenters. The van der Waals surface area contributed by atoms with Crippen molar-refractivity contribution in [3.05, 3.63) is 106 Å². The van der Waals surface area contributed by atoms with Crippen LogP contribution in [0, 0.1) is 15.5 Å². The van der Waals surface area contributed by atoms with Gasteiger partial charge in [0.05, 0.1) is 29.0 Å². The number of ketones is 1. The van der Waals surface area contributed by atoms with E-state index in [0.717, 1.165) is 16.6 Å². The van der Waals surface area contributed by atoms with E-state index in [0.29, 0.717) is 6.54 Å². The first-order valence-corrected chi connectivity index (χ1v) is 9.09. The molecular weight excluding hydrogens is 448 g/mol. The van der Waals surface area contributed by atoms with Crippen LogP contribution in [0.15, 0.2) is 78.9 Å². The number of nitrogens with one attached hydrogen (secondary N) is 1. The van der Waals surface area contributed by atoms with Crippen LogP contribution in [-0.2, 0) is 13.1 Å². The average Bonchev–Trinajstić information content (AvgIpc) is 3.00. The number of hydrogen-bond acceptors (Lipinski definition) is 4. The summed E-state index contributed by atoms with van der Waals surface area (Å²) in [7, 11) is 0. The second-order valence-electron chi connectivity index (χ2n) is 6.70. The fourth-order valence-electron chi connectivity index (χ4n) is 3.41. The summed E-state index contributed by atoms with van der Waals surface area (Å²) in [5.74, 6) is -0.283. The van der Waals surface area contributed by atoms with Gasteiger partial charge in [-0.05, 0) is 17.7 Å². The first kappa shape index (κ1) is 21.2. The van der Waals surface area contributed by atoms with Gasteiger partial charge in [-0.1, -0.05) is 54.6 Å². The minimum atomic E-state index is -0.522. The third-order valence-corrected chi connectivity index (χ3v) is 4.84. The molecule has 30 heavy (non-hydrogen) atoms. The van der Waals surface area contributed by atoms with Gasteiger partial charge in [0, 0.05) is 17.7 Å². The van der Waals surface area contributed by atoms with Crippen LogP contribution in [0.25, 0.3) is 11.0 Å². The maximum absolute atomic E-state index is 12.8. The Balaban J connectivity index is 0.00000256. The van der Waals surface area contributed by atoms with Crippen LogP contribution in [0.2, 0.25) is 0 Å². The number of imidazole rings is 1. The molecule has 1 heterocycles. The highest BCUT2D eigenvalue weighted by Gasteiger charge is 2.16. The van der Waals surface area contributed by atoms with Crippen molar-refractivity contribution >= 4 is 39.5 Å². The lowest BCUT2D eigenvalue weighted by Gasteiger charge is -2.05. The van der Waals surface area contributed by atoms with Gasteiger partial charge >= 0.3 is 0 Å². The number of carbonyl (C=O) groups excluding carboxylic acids is 1. The molecule has 0 fully saturated rings. The Morgan fingerprint density at radius 1 is 0.900 bits per heavy atom. The van der Waals surface area contributed by atoms with Gasteiger partial charge < -0.3 is 9.13 Å². The third kappa shape index (κ3) is 4.08. The van der Waals surface area contributed by atoms with Crippen molar-refractivity contribution in [1.29, 1.82) is 5.41 Å². The van der Waals surface area contributed by atoms with E-state index in [2.05, 4.69) is 0 Å². The number of hydrogen-bond donors (Lipinski definition) is 1. The molecule has 8 heteroatoms. The summed E-state index contributed by atoms with van der Waals surface area (Å²) in [6.45, 7) is 0.445. The number of non-ortho nitro benzene ring substituents is 1. The van der Waals surface area contributed by atoms with Crippen LogP contribution in [-0.4, -0.2) is 19.8 Å². The van der Waals surface area contributed by atoms with E-state index >= 15 is 0 Å². The van der Waals surface area contributed by atoms with E-state index in [9.17, 15) is 14.9 Å². The smallest absolute Gasteiger partial charge is 0.270 e. The van der Waals surface area contributed by atoms with Crippen LogP contribution in [0.3, 0.4) is 0 Å². The predicted molar refractivity (Wildman–Crippen MR) is 119 cm³/mol. The molecule has 3 aromatic carbocycles. The highest BCUT2D eigenvalue weighted by Crippen LogP contribution is 2.17. The topological polar surface area (TPSA) is 93.9 Å². The molecule has 4 rings (SSSR count). The number of nitrogens with zero attached hydrogens (tertiary/aromatic N) is 3. The molecule has 0 aliphatic heterocycles. The number of benzene rings is 3. The Morgan fingerprint density at radius 3 is 2.20 bits per heavy atom. The Bertz CT molecular complexity index is 1280. The standard InChI is InChI=1S/C22H18N4O3.BrH/c23-22-24(14-16-7-2-1-3-8-16)19-11-4-5-12-20(19)25(22)15-21(27)17-9-6-10-18(13-17)26(28)29;/h1-13,23H,14-15H2;1H. The number of nitro benzene ring substituents is 1. The maximum Gasteiger partial charge on any atom is 0.270 e. The quantitative estimate of drug-likeness (QED) is 0.260. The van der Waals surface area contributed by atoms with Crippen molar-refractivity contribution in [3.8, 4) is 0 Å². The zero-order valence-corrected chi connectivity index (χ0v) is 17.6. The summed E-state index contributed by atoms with van der Waals surface area (Å²) in [5.41, 5.74) is 3.01. The summed E-state index contributed by atoms with van der Waals surface area (Å²) < 4.78 is 3.49. The van der Waals surface area contributed by atoms with Crippen molar-refractivity contribution in [3.63, 3.8) is 0 Å². The van der Waals surface area contributed by atoms with Crippen molar-refractivity contribution in [2.45, 2.75) is 13.1 Å². The number of nitro groups is 1. The molecule has 1 aromatic heterocycles. The van der Waals surface area contributed by atoms with Crippen molar-refractivity contribution in [2.24, 2.45) is 0 Å². The average molecular weight is 467 g/mol.